The molecular weight excluding hydrogens is 526 g/mol. The van der Waals surface area contributed by atoms with E-state index in [2.05, 4.69) is 15.9 Å². The third-order valence-electron chi connectivity index (χ3n) is 6.05. The first-order chi connectivity index (χ1) is 17.3. The van der Waals surface area contributed by atoms with Crippen molar-refractivity contribution in [1.29, 1.82) is 0 Å². The number of aliphatic hydroxyl groups is 1. The molecule has 4 rings (SSSR count). The number of aliphatic hydroxyl groups excluding tert-OH is 1. The third kappa shape index (κ3) is 4.95. The standard InChI is InChI=1S/C28H26BrNO6/c1-3-36-20-11-9-18(10-12-20)25(31)23-24(19-15-21(29)26(32)22(16-19)35-2)30(28(34)27(23)33)14-13-17-7-5-4-6-8-17/h4-12,15-16,24,31-32H,3,13-14H2,1-2H3. The van der Waals surface area contributed by atoms with E-state index in [1.807, 2.05) is 37.3 Å². The van der Waals surface area contributed by atoms with Crippen LogP contribution in [0, 0.1) is 0 Å². The fraction of sp³-hybridized carbons (Fsp3) is 0.214. The van der Waals surface area contributed by atoms with Gasteiger partial charge in [-0.1, -0.05) is 30.3 Å². The smallest absolute Gasteiger partial charge is 0.295 e. The van der Waals surface area contributed by atoms with Gasteiger partial charge in [-0.2, -0.15) is 0 Å². The van der Waals surface area contributed by atoms with Crippen molar-refractivity contribution in [3.05, 3.63) is 93.5 Å². The van der Waals surface area contributed by atoms with Crippen LogP contribution in [-0.4, -0.2) is 47.1 Å². The molecule has 3 aromatic carbocycles. The molecule has 0 spiro atoms. The van der Waals surface area contributed by atoms with Crippen molar-refractivity contribution in [2.24, 2.45) is 0 Å². The van der Waals surface area contributed by atoms with E-state index in [0.29, 0.717) is 34.4 Å². The Morgan fingerprint density at radius 2 is 1.75 bits per heavy atom. The number of ketones is 1. The third-order valence-corrected chi connectivity index (χ3v) is 6.65. The van der Waals surface area contributed by atoms with Gasteiger partial charge in [0.1, 0.15) is 11.5 Å². The molecule has 7 nitrogen and oxygen atoms in total. The van der Waals surface area contributed by atoms with E-state index < -0.39 is 17.7 Å². The average molecular weight is 552 g/mol. The number of rotatable bonds is 8. The zero-order valence-electron chi connectivity index (χ0n) is 19.9. The van der Waals surface area contributed by atoms with Crippen LogP contribution in [-0.2, 0) is 16.0 Å². The largest absolute Gasteiger partial charge is 0.507 e. The molecule has 1 atom stereocenters. The minimum atomic E-state index is -0.883. The fourth-order valence-corrected chi connectivity index (χ4v) is 4.75. The number of carbonyl (C=O) groups is 2. The predicted molar refractivity (Wildman–Crippen MR) is 139 cm³/mol. The summed E-state index contributed by atoms with van der Waals surface area (Å²) >= 11 is 3.32. The molecule has 1 amide bonds. The summed E-state index contributed by atoms with van der Waals surface area (Å²) in [4.78, 5) is 27.9. The van der Waals surface area contributed by atoms with Gasteiger partial charge in [0.25, 0.3) is 11.7 Å². The van der Waals surface area contributed by atoms with E-state index in [1.165, 1.54) is 12.0 Å². The lowest BCUT2D eigenvalue weighted by atomic mass is 9.94. The lowest BCUT2D eigenvalue weighted by Gasteiger charge is -2.26. The highest BCUT2D eigenvalue weighted by Gasteiger charge is 2.46. The number of halogens is 1. The summed E-state index contributed by atoms with van der Waals surface area (Å²) in [6.45, 7) is 2.62. The number of methoxy groups -OCH3 is 1. The Morgan fingerprint density at radius 3 is 2.39 bits per heavy atom. The van der Waals surface area contributed by atoms with Crippen LogP contribution in [0.25, 0.3) is 5.76 Å². The number of hydrogen-bond donors (Lipinski definition) is 2. The molecule has 3 aromatic rings. The molecule has 36 heavy (non-hydrogen) atoms. The zero-order chi connectivity index (χ0) is 25.8. The molecule has 1 aliphatic rings. The van der Waals surface area contributed by atoms with Crippen LogP contribution < -0.4 is 9.47 Å². The lowest BCUT2D eigenvalue weighted by Crippen LogP contribution is -2.31. The SMILES string of the molecule is CCOc1ccc(C(O)=C2C(=O)C(=O)N(CCc3ccccc3)C2c2cc(Br)c(O)c(OC)c2)cc1. The van der Waals surface area contributed by atoms with Gasteiger partial charge in [0, 0.05) is 12.1 Å². The minimum Gasteiger partial charge on any atom is -0.507 e. The molecule has 0 radical (unpaired) electrons. The topological polar surface area (TPSA) is 96.3 Å². The van der Waals surface area contributed by atoms with Gasteiger partial charge in [-0.05, 0) is 76.8 Å². The van der Waals surface area contributed by atoms with E-state index in [-0.39, 0.29) is 29.4 Å². The number of nitrogens with zero attached hydrogens (tertiary/aromatic N) is 1. The van der Waals surface area contributed by atoms with E-state index in [0.717, 1.165) is 5.56 Å². The Morgan fingerprint density at radius 1 is 1.06 bits per heavy atom. The Labute approximate surface area is 217 Å². The van der Waals surface area contributed by atoms with Crippen molar-refractivity contribution in [2.75, 3.05) is 20.3 Å². The molecule has 1 saturated heterocycles. The van der Waals surface area contributed by atoms with Gasteiger partial charge in [-0.15, -0.1) is 0 Å². The number of benzene rings is 3. The number of hydrogen-bond acceptors (Lipinski definition) is 6. The van der Waals surface area contributed by atoms with Crippen LogP contribution in [0.15, 0.2) is 76.8 Å². The number of phenolic OH excluding ortho intramolecular Hbond substituents is 1. The van der Waals surface area contributed by atoms with Crippen LogP contribution in [0.1, 0.15) is 29.7 Å². The van der Waals surface area contributed by atoms with E-state index >= 15 is 0 Å². The lowest BCUT2D eigenvalue weighted by molar-refractivity contribution is -0.139. The van der Waals surface area contributed by atoms with Crippen molar-refractivity contribution in [1.82, 2.24) is 4.90 Å². The quantitative estimate of drug-likeness (QED) is 0.226. The van der Waals surface area contributed by atoms with E-state index in [9.17, 15) is 19.8 Å². The second kappa shape index (κ2) is 10.9. The molecule has 0 aromatic heterocycles. The summed E-state index contributed by atoms with van der Waals surface area (Å²) in [7, 11) is 1.41. The number of Topliss-reactive ketones (excluding diaryl/α,β-unsaturated/α-hetero) is 1. The van der Waals surface area contributed by atoms with Gasteiger partial charge in [0.2, 0.25) is 0 Å². The molecule has 2 N–H and O–H groups in total. The Hall–Kier alpha value is -3.78. The van der Waals surface area contributed by atoms with Gasteiger partial charge in [0.05, 0.1) is 29.8 Å². The van der Waals surface area contributed by atoms with Crippen molar-refractivity contribution >= 4 is 33.4 Å². The summed E-state index contributed by atoms with van der Waals surface area (Å²) in [5.74, 6) is -1.06. The van der Waals surface area contributed by atoms with E-state index in [4.69, 9.17) is 9.47 Å². The number of amides is 1. The maximum Gasteiger partial charge on any atom is 0.295 e. The second-order valence-corrected chi connectivity index (χ2v) is 9.09. The molecule has 0 aliphatic carbocycles. The number of carbonyl (C=O) groups excluding carboxylic acids is 2. The Bertz CT molecular complexity index is 1300. The number of ether oxygens (including phenoxy) is 2. The van der Waals surface area contributed by atoms with Crippen LogP contribution in [0.5, 0.6) is 17.2 Å². The molecular formula is C28H26BrNO6. The van der Waals surface area contributed by atoms with Crippen LogP contribution in [0.2, 0.25) is 0 Å². The Kier molecular flexibility index (Phi) is 7.64. The van der Waals surface area contributed by atoms with Crippen LogP contribution in [0.3, 0.4) is 0 Å². The number of aromatic hydroxyl groups is 1. The van der Waals surface area contributed by atoms with Gasteiger partial charge in [0.15, 0.2) is 11.5 Å². The average Bonchev–Trinajstić information content (AvgIpc) is 3.14. The van der Waals surface area contributed by atoms with Gasteiger partial charge >= 0.3 is 0 Å². The molecule has 1 heterocycles. The first-order valence-corrected chi connectivity index (χ1v) is 12.3. The van der Waals surface area contributed by atoms with E-state index in [1.54, 1.807) is 36.4 Å². The first-order valence-electron chi connectivity index (χ1n) is 11.5. The summed E-state index contributed by atoms with van der Waals surface area (Å²) in [5.41, 5.74) is 1.87. The summed E-state index contributed by atoms with van der Waals surface area (Å²) < 4.78 is 11.1. The highest BCUT2D eigenvalue weighted by Crippen LogP contribution is 2.44. The van der Waals surface area contributed by atoms with Crippen molar-refractivity contribution in [3.8, 4) is 17.2 Å². The van der Waals surface area contributed by atoms with Gasteiger partial charge < -0.3 is 24.6 Å². The number of likely N-dealkylation sites (tertiary alicyclic amines) is 1. The highest BCUT2D eigenvalue weighted by molar-refractivity contribution is 9.10. The second-order valence-electron chi connectivity index (χ2n) is 8.24. The molecule has 8 heteroatoms. The molecule has 0 saturated carbocycles. The molecule has 1 unspecified atom stereocenters. The first kappa shape index (κ1) is 25.3. The molecule has 1 aliphatic heterocycles. The van der Waals surface area contributed by atoms with Crippen LogP contribution in [0.4, 0.5) is 0 Å². The molecule has 0 bridgehead atoms. The monoisotopic (exact) mass is 551 g/mol. The summed E-state index contributed by atoms with van der Waals surface area (Å²) in [6, 6.07) is 18.6. The number of phenols is 1. The Balaban J connectivity index is 1.82. The molecule has 186 valence electrons. The van der Waals surface area contributed by atoms with Crippen molar-refractivity contribution in [2.45, 2.75) is 19.4 Å². The van der Waals surface area contributed by atoms with Gasteiger partial charge in [-0.25, -0.2) is 0 Å². The maximum absolute atomic E-state index is 13.3. The maximum atomic E-state index is 13.3. The highest BCUT2D eigenvalue weighted by atomic mass is 79.9. The zero-order valence-corrected chi connectivity index (χ0v) is 21.5. The van der Waals surface area contributed by atoms with Crippen molar-refractivity contribution in [3.63, 3.8) is 0 Å². The normalized spacial score (nSPS) is 16.9. The predicted octanol–water partition coefficient (Wildman–Crippen LogP) is 5.23. The minimum absolute atomic E-state index is 0.0307. The fourth-order valence-electron chi connectivity index (χ4n) is 4.29. The summed E-state index contributed by atoms with van der Waals surface area (Å²) in [5, 5.41) is 21.6. The van der Waals surface area contributed by atoms with Crippen molar-refractivity contribution < 1.29 is 29.3 Å². The molecule has 1 fully saturated rings. The summed E-state index contributed by atoms with van der Waals surface area (Å²) in [6.07, 6.45) is 0.518. The van der Waals surface area contributed by atoms with Gasteiger partial charge in [-0.3, -0.25) is 9.59 Å². The van der Waals surface area contributed by atoms with Crippen LogP contribution >= 0.6 is 15.9 Å².